The Balaban J connectivity index is 2.29. The van der Waals surface area contributed by atoms with Crippen molar-refractivity contribution in [3.63, 3.8) is 0 Å². The molecular formula is C15H20N2O6S. The van der Waals surface area contributed by atoms with Crippen LogP contribution in [-0.4, -0.2) is 57.4 Å². The van der Waals surface area contributed by atoms with E-state index in [4.69, 9.17) is 9.47 Å². The van der Waals surface area contributed by atoms with E-state index in [-0.39, 0.29) is 31.0 Å². The van der Waals surface area contributed by atoms with Crippen molar-refractivity contribution >= 4 is 21.9 Å². The first-order valence-corrected chi connectivity index (χ1v) is 8.93. The SMILES string of the molecule is CCOC(=O)C[C@@H]1C(=O)NCCN1S(=O)(=O)c1ccc(OC)cc1. The smallest absolute Gasteiger partial charge is 0.307 e. The second-order valence-electron chi connectivity index (χ2n) is 5.11. The van der Waals surface area contributed by atoms with Gasteiger partial charge in [0.15, 0.2) is 0 Å². The molecule has 0 aromatic heterocycles. The topological polar surface area (TPSA) is 102 Å². The largest absolute Gasteiger partial charge is 0.497 e. The number of piperazine rings is 1. The van der Waals surface area contributed by atoms with Crippen molar-refractivity contribution in [1.29, 1.82) is 0 Å². The summed E-state index contributed by atoms with van der Waals surface area (Å²) in [6.07, 6.45) is -0.324. The average Bonchev–Trinajstić information content (AvgIpc) is 2.57. The lowest BCUT2D eigenvalue weighted by molar-refractivity contribution is -0.146. The van der Waals surface area contributed by atoms with E-state index in [2.05, 4.69) is 5.32 Å². The van der Waals surface area contributed by atoms with E-state index in [0.717, 1.165) is 4.31 Å². The summed E-state index contributed by atoms with van der Waals surface area (Å²) in [6, 6.07) is 4.74. The number of esters is 1. The summed E-state index contributed by atoms with van der Waals surface area (Å²) in [6.45, 7) is 2.08. The molecule has 1 fully saturated rings. The Morgan fingerprint density at radius 2 is 2.00 bits per heavy atom. The Hall–Kier alpha value is -2.13. The van der Waals surface area contributed by atoms with Crippen molar-refractivity contribution in [3.8, 4) is 5.75 Å². The van der Waals surface area contributed by atoms with Gasteiger partial charge in [0, 0.05) is 13.1 Å². The summed E-state index contributed by atoms with van der Waals surface area (Å²) < 4.78 is 36.6. The second-order valence-corrected chi connectivity index (χ2v) is 7.00. The van der Waals surface area contributed by atoms with Gasteiger partial charge in [-0.1, -0.05) is 0 Å². The molecule has 1 amide bonds. The van der Waals surface area contributed by atoms with E-state index in [1.807, 2.05) is 0 Å². The molecule has 1 N–H and O–H groups in total. The zero-order valence-electron chi connectivity index (χ0n) is 13.5. The van der Waals surface area contributed by atoms with E-state index >= 15 is 0 Å². The number of benzene rings is 1. The fourth-order valence-corrected chi connectivity index (χ4v) is 4.02. The van der Waals surface area contributed by atoms with Crippen LogP contribution < -0.4 is 10.1 Å². The molecule has 2 rings (SSSR count). The highest BCUT2D eigenvalue weighted by atomic mass is 32.2. The van der Waals surface area contributed by atoms with Crippen molar-refractivity contribution in [1.82, 2.24) is 9.62 Å². The van der Waals surface area contributed by atoms with E-state index in [9.17, 15) is 18.0 Å². The van der Waals surface area contributed by atoms with E-state index in [1.54, 1.807) is 6.92 Å². The van der Waals surface area contributed by atoms with Crippen LogP contribution in [0.3, 0.4) is 0 Å². The van der Waals surface area contributed by atoms with Crippen LogP contribution >= 0.6 is 0 Å². The Morgan fingerprint density at radius 1 is 1.33 bits per heavy atom. The Morgan fingerprint density at radius 3 is 2.58 bits per heavy atom. The van der Waals surface area contributed by atoms with Gasteiger partial charge in [-0.25, -0.2) is 8.42 Å². The maximum atomic E-state index is 12.8. The maximum absolute atomic E-state index is 12.8. The number of sulfonamides is 1. The molecular weight excluding hydrogens is 336 g/mol. The van der Waals surface area contributed by atoms with Gasteiger partial charge >= 0.3 is 5.97 Å². The van der Waals surface area contributed by atoms with Crippen LogP contribution in [0.15, 0.2) is 29.2 Å². The first-order valence-electron chi connectivity index (χ1n) is 7.49. The van der Waals surface area contributed by atoms with Crippen molar-refractivity contribution < 1.29 is 27.5 Å². The highest BCUT2D eigenvalue weighted by Gasteiger charge is 2.39. The molecule has 0 saturated carbocycles. The Kier molecular flexibility index (Phi) is 5.79. The van der Waals surface area contributed by atoms with Gasteiger partial charge in [-0.2, -0.15) is 4.31 Å². The Bertz CT molecular complexity index is 701. The molecule has 0 radical (unpaired) electrons. The fourth-order valence-electron chi connectivity index (χ4n) is 2.44. The summed E-state index contributed by atoms with van der Waals surface area (Å²) in [5.41, 5.74) is 0. The third-order valence-electron chi connectivity index (χ3n) is 3.61. The monoisotopic (exact) mass is 356 g/mol. The average molecular weight is 356 g/mol. The van der Waals surface area contributed by atoms with Crippen LogP contribution in [0, 0.1) is 0 Å². The van der Waals surface area contributed by atoms with Gasteiger partial charge in [-0.3, -0.25) is 9.59 Å². The molecule has 8 nitrogen and oxygen atoms in total. The van der Waals surface area contributed by atoms with Gasteiger partial charge in [-0.05, 0) is 31.2 Å². The highest BCUT2D eigenvalue weighted by molar-refractivity contribution is 7.89. The van der Waals surface area contributed by atoms with Gasteiger partial charge in [0.1, 0.15) is 11.8 Å². The van der Waals surface area contributed by atoms with Crippen molar-refractivity contribution in [2.75, 3.05) is 26.8 Å². The molecule has 0 aliphatic carbocycles. The molecule has 1 aliphatic rings. The van der Waals surface area contributed by atoms with E-state index < -0.39 is 27.9 Å². The predicted octanol–water partition coefficient (Wildman–Crippen LogP) is 0.138. The molecule has 1 aliphatic heterocycles. The lowest BCUT2D eigenvalue weighted by Crippen LogP contribution is -2.57. The first kappa shape index (κ1) is 18.2. The van der Waals surface area contributed by atoms with Crippen LogP contribution in [0.25, 0.3) is 0 Å². The third-order valence-corrected chi connectivity index (χ3v) is 5.54. The minimum atomic E-state index is -3.92. The molecule has 1 aromatic carbocycles. The second kappa shape index (κ2) is 7.63. The molecule has 1 saturated heterocycles. The lowest BCUT2D eigenvalue weighted by atomic mass is 10.1. The number of carbonyl (C=O) groups excluding carboxylic acids is 2. The van der Waals surface area contributed by atoms with Crippen molar-refractivity contribution in [2.45, 2.75) is 24.3 Å². The summed E-state index contributed by atoms with van der Waals surface area (Å²) in [4.78, 5) is 23.8. The first-order chi connectivity index (χ1) is 11.4. The molecule has 24 heavy (non-hydrogen) atoms. The number of carbonyl (C=O) groups is 2. The zero-order chi connectivity index (χ0) is 17.7. The number of nitrogens with zero attached hydrogens (tertiary/aromatic N) is 1. The number of rotatable bonds is 6. The molecule has 0 unspecified atom stereocenters. The zero-order valence-corrected chi connectivity index (χ0v) is 14.3. The summed E-state index contributed by atoms with van der Waals surface area (Å²) in [5.74, 6) is -0.603. The lowest BCUT2D eigenvalue weighted by Gasteiger charge is -2.33. The van der Waals surface area contributed by atoms with Crippen LogP contribution in [-0.2, 0) is 24.3 Å². The molecule has 0 bridgehead atoms. The van der Waals surface area contributed by atoms with Crippen LogP contribution in [0.5, 0.6) is 5.75 Å². The van der Waals surface area contributed by atoms with Crippen LogP contribution in [0.2, 0.25) is 0 Å². The van der Waals surface area contributed by atoms with Gasteiger partial charge in [-0.15, -0.1) is 0 Å². The minimum absolute atomic E-state index is 0.0341. The third kappa shape index (κ3) is 3.85. The predicted molar refractivity (Wildman–Crippen MR) is 84.9 cm³/mol. The molecule has 1 atom stereocenters. The van der Waals surface area contributed by atoms with E-state index in [0.29, 0.717) is 5.75 Å². The summed E-state index contributed by atoms with van der Waals surface area (Å²) >= 11 is 0. The molecule has 9 heteroatoms. The fraction of sp³-hybridized carbons (Fsp3) is 0.467. The molecule has 1 aromatic rings. The van der Waals surface area contributed by atoms with Crippen LogP contribution in [0.4, 0.5) is 0 Å². The van der Waals surface area contributed by atoms with Crippen molar-refractivity contribution in [3.05, 3.63) is 24.3 Å². The van der Waals surface area contributed by atoms with Gasteiger partial charge < -0.3 is 14.8 Å². The quantitative estimate of drug-likeness (QED) is 0.728. The molecule has 132 valence electrons. The summed E-state index contributed by atoms with van der Waals surface area (Å²) in [5, 5.41) is 2.58. The number of methoxy groups -OCH3 is 1. The molecule has 0 spiro atoms. The summed E-state index contributed by atoms with van der Waals surface area (Å²) in [7, 11) is -2.44. The minimum Gasteiger partial charge on any atom is -0.497 e. The van der Waals surface area contributed by atoms with E-state index in [1.165, 1.54) is 31.4 Å². The van der Waals surface area contributed by atoms with Gasteiger partial charge in [0.05, 0.1) is 25.0 Å². The number of hydrogen-bond acceptors (Lipinski definition) is 6. The van der Waals surface area contributed by atoms with Crippen LogP contribution in [0.1, 0.15) is 13.3 Å². The highest BCUT2D eigenvalue weighted by Crippen LogP contribution is 2.23. The molecule has 1 heterocycles. The maximum Gasteiger partial charge on any atom is 0.307 e. The Labute approximate surface area is 140 Å². The van der Waals surface area contributed by atoms with Gasteiger partial charge in [0.2, 0.25) is 15.9 Å². The number of amides is 1. The normalized spacial score (nSPS) is 18.8. The number of ether oxygens (including phenoxy) is 2. The number of hydrogen-bond donors (Lipinski definition) is 1. The standard InChI is InChI=1S/C15H20N2O6S/c1-3-23-14(18)10-13-15(19)16-8-9-17(13)24(20,21)12-6-4-11(22-2)5-7-12/h4-7,13H,3,8-10H2,1-2H3,(H,16,19)/t13-/m1/s1. The van der Waals surface area contributed by atoms with Crippen molar-refractivity contribution in [2.24, 2.45) is 0 Å². The van der Waals surface area contributed by atoms with Gasteiger partial charge in [0.25, 0.3) is 0 Å². The number of nitrogens with one attached hydrogen (secondary N) is 1.